The Morgan fingerprint density at radius 1 is 1.18 bits per heavy atom. The van der Waals surface area contributed by atoms with Crippen molar-refractivity contribution in [2.45, 2.75) is 37.3 Å². The summed E-state index contributed by atoms with van der Waals surface area (Å²) in [5.74, 6) is 0. The molecule has 0 aromatic heterocycles. The molecule has 1 aromatic carbocycles. The van der Waals surface area contributed by atoms with Crippen molar-refractivity contribution in [2.75, 3.05) is 6.61 Å². The highest BCUT2D eigenvalue weighted by atomic mass is 16.5. The van der Waals surface area contributed by atoms with Crippen LogP contribution in [0.2, 0.25) is 0 Å². The average Bonchev–Trinajstić information content (AvgIpc) is 2.61. The van der Waals surface area contributed by atoms with Gasteiger partial charge >= 0.3 is 0 Å². The zero-order valence-electron chi connectivity index (χ0n) is 9.41. The van der Waals surface area contributed by atoms with Gasteiger partial charge in [-0.1, -0.05) is 18.2 Å². The first kappa shape index (κ1) is 11.2. The molecule has 2 aliphatic rings. The second kappa shape index (κ2) is 4.07. The summed E-state index contributed by atoms with van der Waals surface area (Å²) in [6.07, 6.45) is -1.38. The predicted octanol–water partition coefficient (Wildman–Crippen LogP) is -0.0608. The fraction of sp³-hybridized carbons (Fsp3) is 0.538. The Labute approximate surface area is 99.5 Å². The van der Waals surface area contributed by atoms with Crippen molar-refractivity contribution < 1.29 is 20.1 Å². The van der Waals surface area contributed by atoms with E-state index < -0.39 is 24.4 Å². The summed E-state index contributed by atoms with van der Waals surface area (Å²) in [6, 6.07) is 5.84. The molecule has 1 heterocycles. The summed E-state index contributed by atoms with van der Waals surface area (Å²) in [4.78, 5) is 0. The Morgan fingerprint density at radius 2 is 1.94 bits per heavy atom. The number of fused-ring (bicyclic) bond motifs is 1. The lowest BCUT2D eigenvalue weighted by Crippen LogP contribution is -2.34. The molecule has 92 valence electrons. The van der Waals surface area contributed by atoms with E-state index in [1.807, 2.05) is 18.2 Å². The van der Waals surface area contributed by atoms with Crippen LogP contribution in [-0.2, 0) is 17.6 Å². The van der Waals surface area contributed by atoms with Crippen LogP contribution in [0.3, 0.4) is 0 Å². The molecule has 17 heavy (non-hydrogen) atoms. The van der Waals surface area contributed by atoms with Gasteiger partial charge < -0.3 is 20.1 Å². The van der Waals surface area contributed by atoms with Gasteiger partial charge in [-0.3, -0.25) is 0 Å². The second-order valence-corrected chi connectivity index (χ2v) is 4.83. The van der Waals surface area contributed by atoms with Crippen LogP contribution in [0.25, 0.3) is 0 Å². The van der Waals surface area contributed by atoms with Crippen LogP contribution in [0.15, 0.2) is 18.2 Å². The standard InChI is InChI=1S/C13H16O4/c14-10-6-17-13(12(10)16)11(15)9-4-2-7-1-3-8(7)5-9/h2,4-5,10-16H,1,3,6H2/t10?,11-,12?,13?/m1/s1. The average molecular weight is 236 g/mol. The maximum absolute atomic E-state index is 10.2. The first-order valence-corrected chi connectivity index (χ1v) is 5.94. The molecule has 4 nitrogen and oxygen atoms in total. The lowest BCUT2D eigenvalue weighted by molar-refractivity contribution is -0.0520. The molecule has 1 aliphatic heterocycles. The summed E-state index contributed by atoms with van der Waals surface area (Å²) in [6.45, 7) is 0.0772. The number of aryl methyl sites for hydroxylation is 2. The molecular formula is C13H16O4. The van der Waals surface area contributed by atoms with E-state index in [0.717, 1.165) is 18.4 Å². The molecule has 0 radical (unpaired) electrons. The Bertz CT molecular complexity index is 431. The molecule has 0 spiro atoms. The Balaban J connectivity index is 1.81. The van der Waals surface area contributed by atoms with E-state index in [1.54, 1.807) is 0 Å². The minimum absolute atomic E-state index is 0.0772. The third-order valence-electron chi connectivity index (χ3n) is 3.74. The summed E-state index contributed by atoms with van der Waals surface area (Å²) >= 11 is 0. The smallest absolute Gasteiger partial charge is 0.116 e. The van der Waals surface area contributed by atoms with Gasteiger partial charge in [-0.2, -0.15) is 0 Å². The lowest BCUT2D eigenvalue weighted by atomic mass is 9.85. The summed E-state index contributed by atoms with van der Waals surface area (Å²) < 4.78 is 5.23. The first-order valence-electron chi connectivity index (χ1n) is 5.94. The topological polar surface area (TPSA) is 69.9 Å². The molecular weight excluding hydrogens is 220 g/mol. The van der Waals surface area contributed by atoms with Gasteiger partial charge in [0.25, 0.3) is 0 Å². The van der Waals surface area contributed by atoms with Gasteiger partial charge in [0, 0.05) is 0 Å². The molecule has 3 rings (SSSR count). The van der Waals surface area contributed by atoms with Crippen molar-refractivity contribution in [2.24, 2.45) is 0 Å². The maximum atomic E-state index is 10.2. The van der Waals surface area contributed by atoms with Crippen LogP contribution in [0.4, 0.5) is 0 Å². The molecule has 0 amide bonds. The van der Waals surface area contributed by atoms with Crippen LogP contribution in [0.1, 0.15) is 22.8 Å². The van der Waals surface area contributed by atoms with E-state index in [9.17, 15) is 15.3 Å². The number of rotatable bonds is 2. The molecule has 1 fully saturated rings. The molecule has 0 bridgehead atoms. The van der Waals surface area contributed by atoms with Crippen LogP contribution in [0.5, 0.6) is 0 Å². The lowest BCUT2D eigenvalue weighted by Gasteiger charge is -2.25. The summed E-state index contributed by atoms with van der Waals surface area (Å²) in [7, 11) is 0. The van der Waals surface area contributed by atoms with Gasteiger partial charge in [-0.15, -0.1) is 0 Å². The van der Waals surface area contributed by atoms with Crippen LogP contribution in [0, 0.1) is 0 Å². The van der Waals surface area contributed by atoms with E-state index in [4.69, 9.17) is 4.74 Å². The molecule has 3 N–H and O–H groups in total. The van der Waals surface area contributed by atoms with E-state index >= 15 is 0 Å². The zero-order valence-corrected chi connectivity index (χ0v) is 9.41. The summed E-state index contributed by atoms with van der Waals surface area (Å²) in [5.41, 5.74) is 3.34. The van der Waals surface area contributed by atoms with E-state index in [-0.39, 0.29) is 6.61 Å². The minimum Gasteiger partial charge on any atom is -0.388 e. The Kier molecular flexibility index (Phi) is 2.67. The van der Waals surface area contributed by atoms with Crippen molar-refractivity contribution in [3.63, 3.8) is 0 Å². The number of aliphatic hydroxyl groups excluding tert-OH is 3. The van der Waals surface area contributed by atoms with Crippen molar-refractivity contribution in [1.29, 1.82) is 0 Å². The number of aliphatic hydroxyl groups is 3. The van der Waals surface area contributed by atoms with Crippen molar-refractivity contribution in [3.8, 4) is 0 Å². The Hall–Kier alpha value is -0.940. The van der Waals surface area contributed by atoms with Gasteiger partial charge in [-0.25, -0.2) is 0 Å². The normalized spacial score (nSPS) is 33.0. The van der Waals surface area contributed by atoms with Crippen molar-refractivity contribution >= 4 is 0 Å². The molecule has 4 atom stereocenters. The largest absolute Gasteiger partial charge is 0.388 e. The highest BCUT2D eigenvalue weighted by Crippen LogP contribution is 2.31. The van der Waals surface area contributed by atoms with E-state index in [2.05, 4.69) is 0 Å². The van der Waals surface area contributed by atoms with E-state index in [1.165, 1.54) is 11.1 Å². The fourth-order valence-electron chi connectivity index (χ4n) is 2.49. The van der Waals surface area contributed by atoms with Gasteiger partial charge in [-0.05, 0) is 29.5 Å². The van der Waals surface area contributed by atoms with Gasteiger partial charge in [0.1, 0.15) is 24.4 Å². The molecule has 1 aromatic rings. The van der Waals surface area contributed by atoms with Crippen LogP contribution in [-0.4, -0.2) is 40.2 Å². The second-order valence-electron chi connectivity index (χ2n) is 4.83. The first-order chi connectivity index (χ1) is 8.16. The number of ether oxygens (including phenoxy) is 1. The molecule has 1 saturated heterocycles. The van der Waals surface area contributed by atoms with Crippen molar-refractivity contribution in [1.82, 2.24) is 0 Å². The molecule has 1 aliphatic carbocycles. The zero-order chi connectivity index (χ0) is 12.0. The fourth-order valence-corrected chi connectivity index (χ4v) is 2.49. The minimum atomic E-state index is -1.02. The monoisotopic (exact) mass is 236 g/mol. The highest BCUT2D eigenvalue weighted by molar-refractivity contribution is 5.39. The molecule has 4 heteroatoms. The number of hydrogen-bond acceptors (Lipinski definition) is 4. The maximum Gasteiger partial charge on any atom is 0.116 e. The van der Waals surface area contributed by atoms with Crippen LogP contribution >= 0.6 is 0 Å². The van der Waals surface area contributed by atoms with Gasteiger partial charge in [0.2, 0.25) is 0 Å². The predicted molar refractivity (Wildman–Crippen MR) is 60.6 cm³/mol. The SMILES string of the molecule is OC1COC([C@H](O)c2ccc3c(c2)CC3)C1O. The quantitative estimate of drug-likeness (QED) is 0.673. The number of hydrogen-bond donors (Lipinski definition) is 3. The van der Waals surface area contributed by atoms with Crippen LogP contribution < -0.4 is 0 Å². The Morgan fingerprint density at radius 3 is 2.47 bits per heavy atom. The number of benzene rings is 1. The molecule has 0 saturated carbocycles. The third kappa shape index (κ3) is 1.77. The third-order valence-corrected chi connectivity index (χ3v) is 3.74. The van der Waals surface area contributed by atoms with E-state index in [0.29, 0.717) is 0 Å². The highest BCUT2D eigenvalue weighted by Gasteiger charge is 2.39. The van der Waals surface area contributed by atoms with Crippen molar-refractivity contribution in [3.05, 3.63) is 34.9 Å². The van der Waals surface area contributed by atoms with Gasteiger partial charge in [0.15, 0.2) is 0 Å². The van der Waals surface area contributed by atoms with Gasteiger partial charge in [0.05, 0.1) is 6.61 Å². The summed E-state index contributed by atoms with van der Waals surface area (Å²) in [5, 5.41) is 29.2. The molecule has 3 unspecified atom stereocenters.